The first-order valence-corrected chi connectivity index (χ1v) is 6.00. The summed E-state index contributed by atoms with van der Waals surface area (Å²) in [6, 6.07) is 7.46. The number of aromatic hydroxyl groups is 1. The number of hydrogen-bond acceptors (Lipinski definition) is 3. The van der Waals surface area contributed by atoms with Crippen LogP contribution in [0.15, 0.2) is 29.6 Å². The third kappa shape index (κ3) is 1.25. The average molecular weight is 250 g/mol. The standard InChI is InChI=1S/C12H8ClNOS/c13-8-2-1-6-3-7-5-16-12(14)10(7)11(15)9(6)4-8/h1-5,15H,14H2. The minimum Gasteiger partial charge on any atom is -0.507 e. The van der Waals surface area contributed by atoms with Crippen molar-refractivity contribution in [3.8, 4) is 5.75 Å². The Bertz CT molecular complexity index is 705. The van der Waals surface area contributed by atoms with Crippen molar-refractivity contribution in [2.45, 2.75) is 0 Å². The maximum Gasteiger partial charge on any atom is 0.134 e. The second kappa shape index (κ2) is 3.27. The van der Waals surface area contributed by atoms with E-state index in [2.05, 4.69) is 0 Å². The molecule has 0 aliphatic heterocycles. The lowest BCUT2D eigenvalue weighted by Crippen LogP contribution is -1.81. The maximum atomic E-state index is 10.2. The number of benzene rings is 2. The van der Waals surface area contributed by atoms with Gasteiger partial charge in [-0.2, -0.15) is 0 Å². The number of anilines is 1. The van der Waals surface area contributed by atoms with Crippen molar-refractivity contribution in [3.63, 3.8) is 0 Å². The van der Waals surface area contributed by atoms with Gasteiger partial charge in [0.2, 0.25) is 0 Å². The Kier molecular flexibility index (Phi) is 1.99. The fourth-order valence-corrected chi connectivity index (χ4v) is 2.85. The molecule has 3 rings (SSSR count). The topological polar surface area (TPSA) is 46.2 Å². The Morgan fingerprint density at radius 3 is 2.81 bits per heavy atom. The van der Waals surface area contributed by atoms with Gasteiger partial charge in [-0.25, -0.2) is 0 Å². The minimum absolute atomic E-state index is 0.216. The zero-order valence-electron chi connectivity index (χ0n) is 8.20. The largest absolute Gasteiger partial charge is 0.507 e. The van der Waals surface area contributed by atoms with Gasteiger partial charge in [0.15, 0.2) is 0 Å². The first kappa shape index (κ1) is 9.75. The lowest BCUT2D eigenvalue weighted by atomic mass is 10.1. The molecule has 16 heavy (non-hydrogen) atoms. The summed E-state index contributed by atoms with van der Waals surface area (Å²) in [6.45, 7) is 0. The first-order chi connectivity index (χ1) is 7.66. The molecule has 0 spiro atoms. The van der Waals surface area contributed by atoms with E-state index in [0.29, 0.717) is 10.0 Å². The van der Waals surface area contributed by atoms with Crippen LogP contribution in [0.2, 0.25) is 5.02 Å². The molecule has 0 aliphatic rings. The molecule has 0 atom stereocenters. The number of nitrogen functional groups attached to an aromatic ring is 1. The molecule has 0 saturated heterocycles. The number of hydrogen-bond donors (Lipinski definition) is 2. The maximum absolute atomic E-state index is 10.2. The van der Waals surface area contributed by atoms with Crippen LogP contribution in [0.4, 0.5) is 5.00 Å². The molecule has 2 nitrogen and oxygen atoms in total. The van der Waals surface area contributed by atoms with E-state index >= 15 is 0 Å². The van der Waals surface area contributed by atoms with E-state index in [4.69, 9.17) is 17.3 Å². The predicted molar refractivity (Wildman–Crippen MR) is 70.4 cm³/mol. The lowest BCUT2D eigenvalue weighted by molar-refractivity contribution is 0.488. The highest BCUT2D eigenvalue weighted by Crippen LogP contribution is 2.41. The molecule has 4 heteroatoms. The normalized spacial score (nSPS) is 11.3. The zero-order valence-corrected chi connectivity index (χ0v) is 9.77. The van der Waals surface area contributed by atoms with Gasteiger partial charge in [0, 0.05) is 15.8 Å². The molecule has 0 bridgehead atoms. The minimum atomic E-state index is 0.216. The number of halogens is 1. The molecule has 0 fully saturated rings. The average Bonchev–Trinajstić information content (AvgIpc) is 2.62. The van der Waals surface area contributed by atoms with Crippen LogP contribution in [0.25, 0.3) is 21.5 Å². The molecule has 0 aliphatic carbocycles. The Morgan fingerprint density at radius 1 is 1.19 bits per heavy atom. The molecule has 0 unspecified atom stereocenters. The van der Waals surface area contributed by atoms with E-state index in [1.165, 1.54) is 11.3 Å². The van der Waals surface area contributed by atoms with Crippen molar-refractivity contribution in [1.29, 1.82) is 0 Å². The molecule has 1 aromatic heterocycles. The summed E-state index contributed by atoms with van der Waals surface area (Å²) in [5, 5.41) is 16.8. The highest BCUT2D eigenvalue weighted by atomic mass is 35.5. The zero-order chi connectivity index (χ0) is 11.3. The highest BCUT2D eigenvalue weighted by Gasteiger charge is 2.10. The summed E-state index contributed by atoms with van der Waals surface area (Å²) in [5.41, 5.74) is 5.83. The molecule has 0 radical (unpaired) electrons. The number of phenolic OH excluding ortho intramolecular Hbond substituents is 1. The van der Waals surface area contributed by atoms with Crippen LogP contribution in [-0.2, 0) is 0 Å². The van der Waals surface area contributed by atoms with Crippen LogP contribution in [0.1, 0.15) is 0 Å². The highest BCUT2D eigenvalue weighted by molar-refractivity contribution is 7.16. The molecular formula is C12H8ClNOS. The molecule has 1 heterocycles. The third-order valence-corrected chi connectivity index (χ3v) is 3.73. The van der Waals surface area contributed by atoms with Crippen LogP contribution in [-0.4, -0.2) is 5.11 Å². The van der Waals surface area contributed by atoms with Crippen LogP contribution in [0.3, 0.4) is 0 Å². The summed E-state index contributed by atoms with van der Waals surface area (Å²) < 4.78 is 0. The van der Waals surface area contributed by atoms with E-state index in [9.17, 15) is 5.11 Å². The van der Waals surface area contributed by atoms with Crippen LogP contribution < -0.4 is 5.73 Å². The van der Waals surface area contributed by atoms with Gasteiger partial charge in [-0.1, -0.05) is 17.7 Å². The van der Waals surface area contributed by atoms with Crippen molar-refractivity contribution < 1.29 is 5.11 Å². The molecule has 2 aromatic carbocycles. The summed E-state index contributed by atoms with van der Waals surface area (Å²) in [5.74, 6) is 0.216. The van der Waals surface area contributed by atoms with E-state index in [1.54, 1.807) is 6.07 Å². The SMILES string of the molecule is Nc1scc2cc3ccc(Cl)cc3c(O)c12. The van der Waals surface area contributed by atoms with E-state index in [1.807, 2.05) is 23.6 Å². The van der Waals surface area contributed by atoms with Gasteiger partial charge in [0.1, 0.15) is 5.75 Å². The van der Waals surface area contributed by atoms with Gasteiger partial charge in [-0.15, -0.1) is 11.3 Å². The molecular weight excluding hydrogens is 242 g/mol. The smallest absolute Gasteiger partial charge is 0.134 e. The fraction of sp³-hybridized carbons (Fsp3) is 0. The quantitative estimate of drug-likeness (QED) is 0.633. The number of fused-ring (bicyclic) bond motifs is 2. The second-order valence-electron chi connectivity index (χ2n) is 3.65. The van der Waals surface area contributed by atoms with Gasteiger partial charge < -0.3 is 10.8 Å². The number of rotatable bonds is 0. The molecule has 3 N–H and O–H groups in total. The lowest BCUT2D eigenvalue weighted by Gasteiger charge is -2.04. The Labute approximate surface area is 101 Å². The Hall–Kier alpha value is -1.45. The van der Waals surface area contributed by atoms with Gasteiger partial charge in [-0.05, 0) is 29.0 Å². The predicted octanol–water partition coefficient (Wildman–Crippen LogP) is 4.00. The monoisotopic (exact) mass is 249 g/mol. The summed E-state index contributed by atoms with van der Waals surface area (Å²) in [7, 11) is 0. The van der Waals surface area contributed by atoms with Crippen LogP contribution in [0.5, 0.6) is 5.75 Å². The molecule has 80 valence electrons. The second-order valence-corrected chi connectivity index (χ2v) is 5.00. The van der Waals surface area contributed by atoms with Crippen molar-refractivity contribution in [2.75, 3.05) is 5.73 Å². The summed E-state index contributed by atoms with van der Waals surface area (Å²) >= 11 is 7.35. The van der Waals surface area contributed by atoms with Gasteiger partial charge >= 0.3 is 0 Å². The Balaban J connectivity index is 2.58. The van der Waals surface area contributed by atoms with Gasteiger partial charge in [0.25, 0.3) is 0 Å². The summed E-state index contributed by atoms with van der Waals surface area (Å²) in [6.07, 6.45) is 0. The first-order valence-electron chi connectivity index (χ1n) is 4.75. The van der Waals surface area contributed by atoms with E-state index in [-0.39, 0.29) is 5.75 Å². The van der Waals surface area contributed by atoms with Crippen molar-refractivity contribution >= 4 is 49.5 Å². The van der Waals surface area contributed by atoms with Crippen molar-refractivity contribution in [1.82, 2.24) is 0 Å². The molecule has 3 aromatic rings. The van der Waals surface area contributed by atoms with Crippen LogP contribution >= 0.6 is 22.9 Å². The molecule has 0 amide bonds. The van der Waals surface area contributed by atoms with Gasteiger partial charge in [0.05, 0.1) is 10.4 Å². The Morgan fingerprint density at radius 2 is 2.00 bits per heavy atom. The molecule has 0 saturated carbocycles. The van der Waals surface area contributed by atoms with E-state index < -0.39 is 0 Å². The number of phenols is 1. The number of nitrogens with two attached hydrogens (primary N) is 1. The van der Waals surface area contributed by atoms with Crippen LogP contribution in [0, 0.1) is 0 Å². The number of thiophene rings is 1. The van der Waals surface area contributed by atoms with Crippen molar-refractivity contribution in [3.05, 3.63) is 34.7 Å². The third-order valence-electron chi connectivity index (χ3n) is 2.67. The van der Waals surface area contributed by atoms with Gasteiger partial charge in [-0.3, -0.25) is 0 Å². The fourth-order valence-electron chi connectivity index (χ4n) is 1.91. The van der Waals surface area contributed by atoms with Crippen molar-refractivity contribution in [2.24, 2.45) is 0 Å². The summed E-state index contributed by atoms with van der Waals surface area (Å²) in [4.78, 5) is 0. The van der Waals surface area contributed by atoms with E-state index in [0.717, 1.165) is 21.5 Å².